The lowest BCUT2D eigenvalue weighted by Crippen LogP contribution is -2.50. The van der Waals surface area contributed by atoms with Crippen molar-refractivity contribution < 1.29 is 49.5 Å². The van der Waals surface area contributed by atoms with Gasteiger partial charge in [0, 0.05) is 77.9 Å². The van der Waals surface area contributed by atoms with Crippen molar-refractivity contribution in [1.82, 2.24) is 49.1 Å². The summed E-state index contributed by atoms with van der Waals surface area (Å²) in [4.78, 5) is 79.7. The zero-order chi connectivity index (χ0) is 82.6. The number of ether oxygens (including phenoxy) is 1. The highest BCUT2D eigenvalue weighted by Crippen LogP contribution is 2.50. The molecule has 28 nitrogen and oxygen atoms in total. The fraction of sp³-hybridized carbons (Fsp3) is 0.398. The number of nitrogens with two attached hydrogens (primary N) is 3. The molecule has 1 saturated carbocycles. The van der Waals surface area contributed by atoms with Crippen molar-refractivity contribution in [2.24, 2.45) is 23.7 Å². The van der Waals surface area contributed by atoms with Crippen LogP contribution in [0.4, 0.5) is 40.7 Å². The molecule has 4 aliphatic rings. The van der Waals surface area contributed by atoms with Crippen LogP contribution in [0.3, 0.4) is 0 Å². The molecule has 31 heteroatoms. The molecular formula is C83H103N17O11S3. The van der Waals surface area contributed by atoms with Crippen LogP contribution in [0, 0.1) is 37.5 Å². The number of hydrogen-bond donors (Lipinski definition) is 7. The second-order valence-electron chi connectivity index (χ2n) is 31.8. The molecule has 3 aliphatic heterocycles. The topological polar surface area (TPSA) is 400 Å². The van der Waals surface area contributed by atoms with Crippen LogP contribution in [-0.4, -0.2) is 139 Å². The first-order chi connectivity index (χ1) is 53.8. The van der Waals surface area contributed by atoms with Crippen molar-refractivity contribution in [3.05, 3.63) is 179 Å². The third kappa shape index (κ3) is 19.1. The van der Waals surface area contributed by atoms with E-state index in [-0.39, 0.29) is 72.3 Å². The Morgan fingerprint density at radius 2 is 1.03 bits per heavy atom. The van der Waals surface area contributed by atoms with Crippen molar-refractivity contribution >= 4 is 88.5 Å². The lowest BCUT2D eigenvalue weighted by Gasteiger charge is -2.47. The monoisotopic (exact) mass is 1610 g/mol. The molecule has 1 unspecified atom stereocenters. The van der Waals surface area contributed by atoms with Gasteiger partial charge in [0.2, 0.25) is 0 Å². The largest absolute Gasteiger partial charge is 0.493 e. The smallest absolute Gasteiger partial charge is 0.281 e. The summed E-state index contributed by atoms with van der Waals surface area (Å²) < 4.78 is 90.2. The van der Waals surface area contributed by atoms with Crippen molar-refractivity contribution in [2.45, 2.75) is 167 Å². The average Bonchev–Trinajstić information content (AvgIpc) is 1.56. The molecule has 0 bridgehead atoms. The summed E-state index contributed by atoms with van der Waals surface area (Å²) in [5.41, 5.74) is 24.1. The van der Waals surface area contributed by atoms with E-state index >= 15 is 0 Å². The van der Waals surface area contributed by atoms with E-state index in [2.05, 4.69) is 125 Å². The number of aliphatic hydroxyl groups is 1. The number of nitrogen functional groups attached to an aromatic ring is 3. The minimum Gasteiger partial charge on any atom is -0.493 e. The van der Waals surface area contributed by atoms with Gasteiger partial charge in [0.25, 0.3) is 47.8 Å². The summed E-state index contributed by atoms with van der Waals surface area (Å²) in [5, 5.41) is 8.88. The van der Waals surface area contributed by atoms with Gasteiger partial charge in [0.1, 0.15) is 51.4 Å². The zero-order valence-corrected chi connectivity index (χ0v) is 69.2. The van der Waals surface area contributed by atoms with Gasteiger partial charge in [-0.25, -0.2) is 57.5 Å². The van der Waals surface area contributed by atoms with Crippen molar-refractivity contribution in [3.8, 4) is 39.5 Å². The van der Waals surface area contributed by atoms with E-state index in [9.17, 15) is 44.7 Å². The Labute approximate surface area is 668 Å². The number of rotatable bonds is 22. The fourth-order valence-electron chi connectivity index (χ4n) is 15.7. The number of aliphatic hydroxyl groups excluding tert-OH is 1. The van der Waals surface area contributed by atoms with Gasteiger partial charge in [0.05, 0.1) is 47.0 Å². The summed E-state index contributed by atoms with van der Waals surface area (Å²) in [6.07, 6.45) is 7.36. The highest BCUT2D eigenvalue weighted by molar-refractivity contribution is 7.90. The summed E-state index contributed by atoms with van der Waals surface area (Å²) >= 11 is 0. The number of aryl methyl sites for hydroxylation is 2. The molecular weight excluding hydrogens is 1510 g/mol. The number of hydrogen-bond acceptors (Lipinski definition) is 25. The molecule has 10 N–H and O–H groups in total. The van der Waals surface area contributed by atoms with E-state index in [1.54, 1.807) is 36.4 Å². The SMILES string of the molecule is CCN(CC)c1cc(-c2ccc(C(=O)NS(=O)(=O)c3cccc(N)n3)c(N3C[C@@H](C)CC3(C)C)n2)cc(C)n1.C[C@@H]1CN(c2nc(-c3cccc(CO)c3)ccc2C(=O)NS(=O)(=O)c2cccnc2N)C(C)(C)C1.Cc1cc(OCC(C)C)cc(-c2ccc(C(=O)NS(=O)(=O)c3cccc(N)n3)c(N3CC(C)CC34CCC4)n2)c1. The number of amides is 3. The number of carbonyl (C=O) groups is 3. The van der Waals surface area contributed by atoms with Crippen LogP contribution in [0.15, 0.2) is 161 Å². The van der Waals surface area contributed by atoms with Crippen LogP contribution in [-0.2, 0) is 36.7 Å². The Kier molecular flexibility index (Phi) is 25.1. The molecule has 0 radical (unpaired) electrons. The van der Waals surface area contributed by atoms with E-state index in [0.29, 0.717) is 77.9 Å². The van der Waals surface area contributed by atoms with Gasteiger partial charge in [-0.1, -0.05) is 65.0 Å². The predicted octanol–water partition coefficient (Wildman–Crippen LogP) is 11.9. The maximum absolute atomic E-state index is 13.6. The van der Waals surface area contributed by atoms with Gasteiger partial charge in [-0.2, -0.15) is 16.8 Å². The maximum atomic E-state index is 13.6. The lowest BCUT2D eigenvalue weighted by atomic mass is 9.73. The van der Waals surface area contributed by atoms with Crippen molar-refractivity contribution in [3.63, 3.8) is 0 Å². The van der Waals surface area contributed by atoms with Crippen LogP contribution in [0.1, 0.15) is 163 Å². The first kappa shape index (κ1) is 84.0. The van der Waals surface area contributed by atoms with Crippen LogP contribution in [0.25, 0.3) is 33.8 Å². The van der Waals surface area contributed by atoms with Gasteiger partial charge in [-0.3, -0.25) is 14.4 Å². The third-order valence-corrected chi connectivity index (χ3v) is 24.7. The minimum atomic E-state index is -4.25. The van der Waals surface area contributed by atoms with Gasteiger partial charge in [-0.05, 0) is 238 Å². The quantitative estimate of drug-likeness (QED) is 0.0331. The first-order valence-electron chi connectivity index (χ1n) is 38.2. The van der Waals surface area contributed by atoms with Crippen molar-refractivity contribution in [2.75, 3.05) is 76.1 Å². The van der Waals surface area contributed by atoms with Gasteiger partial charge in [0.15, 0.2) is 10.1 Å². The number of anilines is 7. The summed E-state index contributed by atoms with van der Waals surface area (Å²) in [5.74, 6) is 2.08. The van der Waals surface area contributed by atoms with Crippen LogP contribution in [0.2, 0.25) is 0 Å². The Balaban J connectivity index is 0.000000169. The molecule has 13 rings (SSSR count). The molecule has 2 aromatic carbocycles. The number of pyridine rings is 7. The molecule has 1 aliphatic carbocycles. The van der Waals surface area contributed by atoms with Gasteiger partial charge < -0.3 is 46.6 Å². The van der Waals surface area contributed by atoms with Crippen LogP contribution in [0.5, 0.6) is 5.75 Å². The number of benzene rings is 2. The number of aromatic nitrogens is 7. The van der Waals surface area contributed by atoms with Crippen molar-refractivity contribution in [1.29, 1.82) is 0 Å². The average molecular weight is 1610 g/mol. The molecule has 10 heterocycles. The number of nitrogens with one attached hydrogen (secondary N) is 3. The first-order valence-corrected chi connectivity index (χ1v) is 42.7. The minimum absolute atomic E-state index is 0.0431. The summed E-state index contributed by atoms with van der Waals surface area (Å²) in [6, 6.07) is 38.6. The lowest BCUT2D eigenvalue weighted by molar-refractivity contribution is 0.0972. The Hall–Kier alpha value is -10.9. The standard InChI is InChI=1S/C30H37N5O4S.C28H37N7O3S.C25H29N5O4S/c1-19(2)18-39-23-14-20(3)13-22(15-23)25-10-9-24(28(32-25)35-17-21(4)16-30(35)11-6-12-30)29(36)34-40(37,38)27-8-5-7-26(31)33-27;1-7-34(8-2)24-15-20(14-19(4)30-24)22-13-12-21(26(31-22)35-17-18(3)16-28(35,5)6)27(36)33-39(37,38)25-11-9-10-23(29)32-25;1-16-13-25(2,3)30(14-16)23-19(9-10-20(28-23)18-7-4-6-17(12-18)15-31)24(32)29-35(33,34)21-8-5-11-27-22(21)26/h5,7-10,13-15,19,21H,6,11-12,16-18H2,1-4H3,(H2,31,33)(H,34,36);9-15,18H,7-8,16-17H2,1-6H3,(H2,29,32)(H,33,36);4-12,16,31H,13-15H2,1-3H3,(H2,26,27)(H,29,32)/t;18-;16-/m.00/s1. The maximum Gasteiger partial charge on any atom is 0.281 e. The molecule has 114 heavy (non-hydrogen) atoms. The second-order valence-corrected chi connectivity index (χ2v) is 36.7. The van der Waals surface area contributed by atoms with Gasteiger partial charge in [-0.15, -0.1) is 0 Å². The van der Waals surface area contributed by atoms with E-state index in [4.69, 9.17) is 41.9 Å². The molecule has 3 saturated heterocycles. The second kappa shape index (κ2) is 34.0. The fourth-order valence-corrected chi connectivity index (χ4v) is 18.6. The Bertz CT molecular complexity index is 5450. The third-order valence-electron chi connectivity index (χ3n) is 20.8. The van der Waals surface area contributed by atoms with E-state index in [1.807, 2.05) is 68.4 Å². The molecule has 1 spiro atoms. The zero-order valence-electron chi connectivity index (χ0n) is 66.8. The van der Waals surface area contributed by atoms with Crippen LogP contribution < -0.4 is 55.7 Å². The normalized spacial score (nSPS) is 17.4. The summed E-state index contributed by atoms with van der Waals surface area (Å²) in [7, 11) is -12.7. The van der Waals surface area contributed by atoms with E-state index in [1.165, 1.54) is 54.7 Å². The molecule has 604 valence electrons. The highest BCUT2D eigenvalue weighted by Gasteiger charge is 2.50. The number of nitrogens with zero attached hydrogens (tertiary/aromatic N) is 11. The Morgan fingerprint density at radius 1 is 0.553 bits per heavy atom. The molecule has 4 fully saturated rings. The van der Waals surface area contributed by atoms with E-state index in [0.717, 1.165) is 103 Å². The van der Waals surface area contributed by atoms with Crippen LogP contribution >= 0.6 is 0 Å². The van der Waals surface area contributed by atoms with Gasteiger partial charge >= 0.3 is 0 Å². The molecule has 7 aromatic heterocycles. The summed E-state index contributed by atoms with van der Waals surface area (Å²) in [6.45, 7) is 31.4. The molecule has 3 atom stereocenters. The molecule has 9 aromatic rings. The highest BCUT2D eigenvalue weighted by atomic mass is 32.2. The van der Waals surface area contributed by atoms with E-state index < -0.39 is 47.8 Å². The molecule has 3 amide bonds. The Morgan fingerprint density at radius 3 is 1.48 bits per heavy atom. The predicted molar refractivity (Wildman–Crippen MR) is 444 cm³/mol. The number of carbonyl (C=O) groups excluding carboxylic acids is 3. The number of sulfonamides is 3.